The van der Waals surface area contributed by atoms with Crippen molar-refractivity contribution in [1.29, 1.82) is 0 Å². The van der Waals surface area contributed by atoms with E-state index in [1.54, 1.807) is 31.0 Å². The van der Waals surface area contributed by atoms with E-state index >= 15 is 0 Å². The first-order valence-corrected chi connectivity index (χ1v) is 7.46. The van der Waals surface area contributed by atoms with Crippen molar-refractivity contribution >= 4 is 17.5 Å². The molecule has 22 heavy (non-hydrogen) atoms. The molecular formula is C16H19ClN2O3. The molecule has 1 aromatic heterocycles. The lowest BCUT2D eigenvalue weighted by Gasteiger charge is -2.17. The number of carbonyl (C=O) groups excluding carboxylic acids is 1. The summed E-state index contributed by atoms with van der Waals surface area (Å²) in [5.74, 6) is 0.405. The van der Waals surface area contributed by atoms with Crippen LogP contribution in [0.4, 0.5) is 0 Å². The minimum atomic E-state index is -0.418. The van der Waals surface area contributed by atoms with Crippen molar-refractivity contribution in [1.82, 2.24) is 9.88 Å². The van der Waals surface area contributed by atoms with Crippen molar-refractivity contribution in [2.24, 2.45) is 0 Å². The number of hydrogen-bond acceptors (Lipinski definition) is 4. The van der Waals surface area contributed by atoms with Gasteiger partial charge in [0.25, 0.3) is 0 Å². The maximum absolute atomic E-state index is 12.1. The van der Waals surface area contributed by atoms with Crippen molar-refractivity contribution in [2.45, 2.75) is 25.9 Å². The van der Waals surface area contributed by atoms with Gasteiger partial charge in [-0.25, -0.2) is 4.98 Å². The number of aliphatic hydroxyl groups is 1. The number of benzene rings is 1. The Bertz CT molecular complexity index is 623. The molecule has 0 bridgehead atoms. The second-order valence-electron chi connectivity index (χ2n) is 5.28. The number of likely N-dealkylation sites (N-methyl/N-ethyl adjacent to an activating group) is 1. The number of nitrogens with zero attached hydrogens (tertiary/aromatic N) is 2. The molecule has 0 saturated carbocycles. The maximum atomic E-state index is 12.1. The molecule has 5 nitrogen and oxygen atoms in total. The van der Waals surface area contributed by atoms with Gasteiger partial charge in [-0.05, 0) is 37.6 Å². The quantitative estimate of drug-likeness (QED) is 0.888. The summed E-state index contributed by atoms with van der Waals surface area (Å²) in [6.45, 7) is 2.22. The van der Waals surface area contributed by atoms with Crippen LogP contribution in [0, 0.1) is 0 Å². The fourth-order valence-electron chi connectivity index (χ4n) is 1.91. The fraction of sp³-hybridized carbons (Fsp3) is 0.375. The Kier molecular flexibility index (Phi) is 5.57. The van der Waals surface area contributed by atoms with E-state index in [2.05, 4.69) is 4.98 Å². The van der Waals surface area contributed by atoms with Crippen LogP contribution in [0.2, 0.25) is 5.02 Å². The topological polar surface area (TPSA) is 66.6 Å². The predicted molar refractivity (Wildman–Crippen MR) is 84.6 cm³/mol. The van der Waals surface area contributed by atoms with Gasteiger partial charge in [0.2, 0.25) is 11.8 Å². The minimum Gasteiger partial charge on any atom is -0.444 e. The average molecular weight is 323 g/mol. The number of oxazole rings is 1. The molecular weight excluding hydrogens is 304 g/mol. The van der Waals surface area contributed by atoms with Gasteiger partial charge in [-0.2, -0.15) is 0 Å². The highest BCUT2D eigenvalue weighted by Crippen LogP contribution is 2.21. The number of hydrogen-bond donors (Lipinski definition) is 1. The molecule has 2 aromatic rings. The van der Waals surface area contributed by atoms with Crippen LogP contribution < -0.4 is 0 Å². The van der Waals surface area contributed by atoms with E-state index in [9.17, 15) is 9.90 Å². The number of carbonyl (C=O) groups is 1. The standard InChI is InChI=1S/C16H19ClN2O3/c1-11(20)7-8-19(2)15(21)9-14-10-22-16(18-14)12-3-5-13(17)6-4-12/h3-6,10-11,20H,7-9H2,1-2H3. The summed E-state index contributed by atoms with van der Waals surface area (Å²) in [7, 11) is 1.71. The molecule has 1 atom stereocenters. The minimum absolute atomic E-state index is 0.0587. The smallest absolute Gasteiger partial charge is 0.228 e. The van der Waals surface area contributed by atoms with E-state index < -0.39 is 6.10 Å². The Morgan fingerprint density at radius 3 is 2.73 bits per heavy atom. The largest absolute Gasteiger partial charge is 0.444 e. The van der Waals surface area contributed by atoms with Crippen LogP contribution in [0.5, 0.6) is 0 Å². The highest BCUT2D eigenvalue weighted by molar-refractivity contribution is 6.30. The Hall–Kier alpha value is -1.85. The van der Waals surface area contributed by atoms with E-state index in [1.165, 1.54) is 6.26 Å². The van der Waals surface area contributed by atoms with Gasteiger partial charge >= 0.3 is 0 Å². The summed E-state index contributed by atoms with van der Waals surface area (Å²) in [6, 6.07) is 7.15. The zero-order valence-electron chi connectivity index (χ0n) is 12.6. The van der Waals surface area contributed by atoms with Crippen molar-refractivity contribution in [2.75, 3.05) is 13.6 Å². The average Bonchev–Trinajstić information content (AvgIpc) is 2.93. The third-order valence-electron chi connectivity index (χ3n) is 3.28. The van der Waals surface area contributed by atoms with Crippen molar-refractivity contribution in [3.05, 3.63) is 41.2 Å². The monoisotopic (exact) mass is 322 g/mol. The summed E-state index contributed by atoms with van der Waals surface area (Å²) in [4.78, 5) is 18.0. The summed E-state index contributed by atoms with van der Waals surface area (Å²) in [5.41, 5.74) is 1.39. The van der Waals surface area contributed by atoms with Crippen molar-refractivity contribution in [3.63, 3.8) is 0 Å². The van der Waals surface area contributed by atoms with Crippen molar-refractivity contribution < 1.29 is 14.3 Å². The Morgan fingerprint density at radius 1 is 1.41 bits per heavy atom. The lowest BCUT2D eigenvalue weighted by Crippen LogP contribution is -2.30. The normalized spacial score (nSPS) is 12.2. The van der Waals surface area contributed by atoms with E-state index in [0.717, 1.165) is 5.56 Å². The molecule has 0 saturated heterocycles. The molecule has 1 amide bonds. The second-order valence-corrected chi connectivity index (χ2v) is 5.72. The molecule has 0 aliphatic rings. The third kappa shape index (κ3) is 4.58. The van der Waals surface area contributed by atoms with Gasteiger partial charge in [0.1, 0.15) is 6.26 Å². The first-order valence-electron chi connectivity index (χ1n) is 7.08. The summed E-state index contributed by atoms with van der Waals surface area (Å²) < 4.78 is 5.40. The van der Waals surface area contributed by atoms with Crippen LogP contribution >= 0.6 is 11.6 Å². The second kappa shape index (κ2) is 7.42. The van der Waals surface area contributed by atoms with Gasteiger partial charge in [0.05, 0.1) is 18.2 Å². The Labute approximate surface area is 134 Å². The van der Waals surface area contributed by atoms with Crippen LogP contribution in [0.3, 0.4) is 0 Å². The molecule has 1 aromatic carbocycles. The first kappa shape index (κ1) is 16.5. The Morgan fingerprint density at radius 2 is 2.09 bits per heavy atom. The molecule has 1 unspecified atom stereocenters. The molecule has 2 rings (SSSR count). The lowest BCUT2D eigenvalue weighted by molar-refractivity contribution is -0.129. The number of halogens is 1. The highest BCUT2D eigenvalue weighted by atomic mass is 35.5. The summed E-state index contributed by atoms with van der Waals surface area (Å²) >= 11 is 5.84. The third-order valence-corrected chi connectivity index (χ3v) is 3.54. The van der Waals surface area contributed by atoms with Gasteiger partial charge in [-0.15, -0.1) is 0 Å². The van der Waals surface area contributed by atoms with Gasteiger partial charge in [-0.1, -0.05) is 11.6 Å². The Balaban J connectivity index is 1.97. The van der Waals surface area contributed by atoms with Crippen LogP contribution in [-0.2, 0) is 11.2 Å². The van der Waals surface area contributed by atoms with E-state index in [4.69, 9.17) is 16.0 Å². The zero-order chi connectivity index (χ0) is 16.1. The molecule has 6 heteroatoms. The molecule has 0 aliphatic carbocycles. The maximum Gasteiger partial charge on any atom is 0.228 e. The van der Waals surface area contributed by atoms with E-state index in [0.29, 0.717) is 29.6 Å². The lowest BCUT2D eigenvalue weighted by atomic mass is 10.2. The van der Waals surface area contributed by atoms with Gasteiger partial charge in [0.15, 0.2) is 0 Å². The molecule has 1 N–H and O–H groups in total. The molecule has 0 radical (unpaired) electrons. The van der Waals surface area contributed by atoms with E-state index in [-0.39, 0.29) is 12.3 Å². The number of aromatic nitrogens is 1. The van der Waals surface area contributed by atoms with Gasteiger partial charge < -0.3 is 14.4 Å². The number of aliphatic hydroxyl groups excluding tert-OH is 1. The van der Waals surface area contributed by atoms with Crippen LogP contribution in [-0.4, -0.2) is 40.6 Å². The van der Waals surface area contributed by atoms with Crippen molar-refractivity contribution in [3.8, 4) is 11.5 Å². The highest BCUT2D eigenvalue weighted by Gasteiger charge is 2.14. The van der Waals surface area contributed by atoms with Crippen LogP contribution in [0.25, 0.3) is 11.5 Å². The molecule has 0 spiro atoms. The molecule has 118 valence electrons. The van der Waals surface area contributed by atoms with E-state index in [1.807, 2.05) is 12.1 Å². The first-order chi connectivity index (χ1) is 10.5. The SMILES string of the molecule is CC(O)CCN(C)C(=O)Cc1coc(-c2ccc(Cl)cc2)n1. The number of amides is 1. The molecule has 0 aliphatic heterocycles. The molecule has 1 heterocycles. The zero-order valence-corrected chi connectivity index (χ0v) is 13.4. The number of rotatable bonds is 6. The summed E-state index contributed by atoms with van der Waals surface area (Å²) in [6.07, 6.45) is 1.80. The van der Waals surface area contributed by atoms with Crippen LogP contribution in [0.15, 0.2) is 34.9 Å². The molecule has 0 fully saturated rings. The predicted octanol–water partition coefficient (Wildman–Crippen LogP) is 2.77. The fourth-order valence-corrected chi connectivity index (χ4v) is 2.03. The van der Waals surface area contributed by atoms with Gasteiger partial charge in [0, 0.05) is 24.2 Å². The van der Waals surface area contributed by atoms with Gasteiger partial charge in [-0.3, -0.25) is 4.79 Å². The summed E-state index contributed by atoms with van der Waals surface area (Å²) in [5, 5.41) is 9.89. The van der Waals surface area contributed by atoms with Crippen LogP contribution in [0.1, 0.15) is 19.0 Å².